The molecule has 0 saturated heterocycles. The summed E-state index contributed by atoms with van der Waals surface area (Å²) in [5, 5.41) is 0. The zero-order valence-corrected chi connectivity index (χ0v) is 18.5. The normalized spacial score (nSPS) is 10.2. The van der Waals surface area contributed by atoms with Crippen molar-refractivity contribution >= 4 is 18.4 Å². The Morgan fingerprint density at radius 3 is 1.82 bits per heavy atom. The third-order valence-corrected chi connectivity index (χ3v) is 3.75. The van der Waals surface area contributed by atoms with Gasteiger partial charge in [0.1, 0.15) is 31.0 Å². The van der Waals surface area contributed by atoms with Gasteiger partial charge in [-0.2, -0.15) is 13.2 Å². The maximum absolute atomic E-state index is 12.3. The van der Waals surface area contributed by atoms with E-state index in [1.165, 1.54) is 6.92 Å². The lowest BCUT2D eigenvalue weighted by Crippen LogP contribution is -2.05. The Hall–Kier alpha value is -3.63. The largest absolute Gasteiger partial charge is 0.432 e. The molecule has 1 heterocycles. The number of H-pyrrole nitrogens is 1. The topological polar surface area (TPSA) is 98.4 Å². The molecule has 0 fully saturated rings. The highest BCUT2D eigenvalue weighted by molar-refractivity contribution is 6.23. The van der Waals surface area contributed by atoms with Gasteiger partial charge in [-0.15, -0.1) is 0 Å². The average molecular weight is 478 g/mol. The first kappa shape index (κ1) is 28.4. The van der Waals surface area contributed by atoms with Crippen LogP contribution in [0.1, 0.15) is 29.6 Å². The molecule has 0 atom stereocenters. The van der Waals surface area contributed by atoms with Crippen LogP contribution in [0, 0.1) is 0 Å². The highest BCUT2D eigenvalue weighted by Crippen LogP contribution is 2.27. The molecule has 1 aromatic heterocycles. The van der Waals surface area contributed by atoms with E-state index in [1.807, 2.05) is 60.7 Å². The highest BCUT2D eigenvalue weighted by Gasteiger charge is 2.32. The number of benzene rings is 2. The van der Waals surface area contributed by atoms with Crippen molar-refractivity contribution in [1.29, 1.82) is 0 Å². The molecule has 3 aromatic rings. The van der Waals surface area contributed by atoms with Crippen molar-refractivity contribution in [2.24, 2.45) is 0 Å². The summed E-state index contributed by atoms with van der Waals surface area (Å²) in [4.78, 5) is 34.3. The monoisotopic (exact) mass is 478 g/mol. The van der Waals surface area contributed by atoms with Crippen LogP contribution in [0.25, 0.3) is 0 Å². The lowest BCUT2D eigenvalue weighted by molar-refractivity contribution is -0.141. The number of rotatable bonds is 9. The summed E-state index contributed by atoms with van der Waals surface area (Å²) >= 11 is 0. The number of carbonyl (C=O) groups is 3. The Bertz CT molecular complexity index is 977. The van der Waals surface area contributed by atoms with Gasteiger partial charge < -0.3 is 19.3 Å². The summed E-state index contributed by atoms with van der Waals surface area (Å²) < 4.78 is 47.1. The average Bonchev–Trinajstić information content (AvgIpc) is 3.31. The van der Waals surface area contributed by atoms with Crippen LogP contribution in [0.3, 0.4) is 0 Å². The second-order valence-corrected chi connectivity index (χ2v) is 6.62. The van der Waals surface area contributed by atoms with Crippen LogP contribution in [0.4, 0.5) is 13.2 Å². The molecule has 0 aliphatic heterocycles. The number of ketones is 1. The van der Waals surface area contributed by atoms with Gasteiger partial charge in [-0.1, -0.05) is 60.7 Å². The van der Waals surface area contributed by atoms with E-state index in [0.717, 1.165) is 23.6 Å². The van der Waals surface area contributed by atoms with E-state index in [4.69, 9.17) is 14.3 Å². The fraction of sp³-hybridized carbons (Fsp3) is 0.250. The van der Waals surface area contributed by atoms with Crippen molar-refractivity contribution in [3.05, 3.63) is 89.5 Å². The van der Waals surface area contributed by atoms with Crippen molar-refractivity contribution in [2.75, 3.05) is 6.61 Å². The molecule has 0 bridgehead atoms. The highest BCUT2D eigenvalue weighted by atomic mass is 19.4. The zero-order chi connectivity index (χ0) is 25.2. The van der Waals surface area contributed by atoms with E-state index >= 15 is 0 Å². The first-order chi connectivity index (χ1) is 16.3. The molecule has 0 spiro atoms. The fourth-order valence-electron chi connectivity index (χ4n) is 2.22. The molecular formula is C24H25F3N2O5. The number of imidazole rings is 1. The number of nitrogens with one attached hydrogen (secondary N) is 1. The molecule has 0 saturated carbocycles. The minimum atomic E-state index is -4.40. The van der Waals surface area contributed by atoms with Crippen LogP contribution in [-0.2, 0) is 49.9 Å². The van der Waals surface area contributed by atoms with Gasteiger partial charge in [0.05, 0.1) is 19.4 Å². The second-order valence-electron chi connectivity index (χ2n) is 6.62. The predicted octanol–water partition coefficient (Wildman–Crippen LogP) is 4.32. The van der Waals surface area contributed by atoms with E-state index in [0.29, 0.717) is 13.2 Å². The van der Waals surface area contributed by atoms with Crippen LogP contribution in [0.5, 0.6) is 0 Å². The number of alkyl halides is 3. The van der Waals surface area contributed by atoms with Crippen LogP contribution < -0.4 is 0 Å². The Morgan fingerprint density at radius 2 is 1.41 bits per heavy atom. The molecule has 3 rings (SSSR count). The summed E-state index contributed by atoms with van der Waals surface area (Å²) in [5.74, 6) is -0.261. The van der Waals surface area contributed by atoms with E-state index in [-0.39, 0.29) is 25.3 Å². The lowest BCUT2D eigenvalue weighted by atomic mass is 10.2. The summed E-state index contributed by atoms with van der Waals surface area (Å²) in [5.41, 5.74) is 1.19. The van der Waals surface area contributed by atoms with Crippen LogP contribution in [-0.4, -0.2) is 34.9 Å². The van der Waals surface area contributed by atoms with Gasteiger partial charge in [0.2, 0.25) is 0 Å². The van der Waals surface area contributed by atoms with Gasteiger partial charge in [0, 0.05) is 6.92 Å². The van der Waals surface area contributed by atoms with E-state index in [9.17, 15) is 22.8 Å². The summed E-state index contributed by atoms with van der Waals surface area (Å²) in [6.45, 7) is 2.26. The van der Waals surface area contributed by atoms with Crippen LogP contribution in [0.15, 0.2) is 66.9 Å². The number of Topliss-reactive ketones (excluding diaryl/α,β-unsaturated/α-hetero) is 1. The number of nitrogens with zero attached hydrogens (tertiary/aromatic N) is 1. The fourth-order valence-corrected chi connectivity index (χ4v) is 2.22. The molecule has 2 aromatic carbocycles. The Labute approximate surface area is 194 Å². The summed E-state index contributed by atoms with van der Waals surface area (Å²) in [6, 6.07) is 19.1. The molecule has 0 aliphatic rings. The van der Waals surface area contributed by atoms with Gasteiger partial charge in [-0.05, 0) is 11.1 Å². The van der Waals surface area contributed by atoms with Crippen molar-refractivity contribution < 1.29 is 37.0 Å². The standard InChI is InChI=1S/C12H11F3N2O.C9H10O2.C3H4O2/c13-12(14,15)10-6-16-11(17-10)8-18-7-9-4-2-1-3-5-9;10-6-7-11-8-9-4-2-1-3-5-9;1-3(5)2-4/h1-6H,7-8H2,(H,16,17);1-6H,7-8H2;2H,1H3. The predicted molar refractivity (Wildman–Crippen MR) is 117 cm³/mol. The van der Waals surface area contributed by atoms with Gasteiger partial charge in [0.15, 0.2) is 12.1 Å². The summed E-state index contributed by atoms with van der Waals surface area (Å²) in [6.07, 6.45) is -2.60. The smallest absolute Gasteiger partial charge is 0.369 e. The lowest BCUT2D eigenvalue weighted by Gasteiger charge is -2.03. The van der Waals surface area contributed by atoms with Gasteiger partial charge in [-0.3, -0.25) is 9.59 Å². The Kier molecular flexibility index (Phi) is 13.4. The summed E-state index contributed by atoms with van der Waals surface area (Å²) in [7, 11) is 0. The molecule has 10 heteroatoms. The molecule has 0 radical (unpaired) electrons. The SMILES string of the molecule is CC(=O)C=O.FC(F)(F)c1cnc(COCc2ccccc2)[nH]1.O=CCOCc1ccccc1. The molecule has 0 amide bonds. The molecule has 7 nitrogen and oxygen atoms in total. The Morgan fingerprint density at radius 1 is 0.912 bits per heavy atom. The molecular weight excluding hydrogens is 453 g/mol. The number of hydrogen-bond acceptors (Lipinski definition) is 6. The molecule has 34 heavy (non-hydrogen) atoms. The second kappa shape index (κ2) is 16.1. The minimum absolute atomic E-state index is 0.0188. The molecule has 0 aliphatic carbocycles. The van der Waals surface area contributed by atoms with Gasteiger partial charge in [0.25, 0.3) is 0 Å². The number of ether oxygens (including phenoxy) is 2. The molecule has 182 valence electrons. The quantitative estimate of drug-likeness (QED) is 0.279. The van der Waals surface area contributed by atoms with Gasteiger partial charge >= 0.3 is 6.18 Å². The first-order valence-electron chi connectivity index (χ1n) is 10.00. The molecule has 0 unspecified atom stereocenters. The third-order valence-electron chi connectivity index (χ3n) is 3.75. The van der Waals surface area contributed by atoms with Crippen LogP contribution in [0.2, 0.25) is 0 Å². The molecule has 1 N–H and O–H groups in total. The number of halogens is 3. The number of aldehydes is 2. The van der Waals surface area contributed by atoms with Crippen molar-refractivity contribution in [3.8, 4) is 0 Å². The van der Waals surface area contributed by atoms with Gasteiger partial charge in [-0.25, -0.2) is 4.98 Å². The van der Waals surface area contributed by atoms with Crippen molar-refractivity contribution in [3.63, 3.8) is 0 Å². The third kappa shape index (κ3) is 13.0. The van der Waals surface area contributed by atoms with Crippen molar-refractivity contribution in [1.82, 2.24) is 9.97 Å². The number of aromatic amines is 1. The number of carbonyl (C=O) groups excluding carboxylic acids is 3. The van der Waals surface area contributed by atoms with Crippen LogP contribution >= 0.6 is 0 Å². The van der Waals surface area contributed by atoms with Crippen molar-refractivity contribution in [2.45, 2.75) is 32.9 Å². The van der Waals surface area contributed by atoms with E-state index in [2.05, 4.69) is 9.97 Å². The number of aromatic nitrogens is 2. The minimum Gasteiger partial charge on any atom is -0.369 e. The zero-order valence-electron chi connectivity index (χ0n) is 18.5. The first-order valence-corrected chi connectivity index (χ1v) is 10.00. The number of hydrogen-bond donors (Lipinski definition) is 1. The van der Waals surface area contributed by atoms with E-state index in [1.54, 1.807) is 0 Å². The van der Waals surface area contributed by atoms with E-state index < -0.39 is 17.7 Å². The maximum Gasteiger partial charge on any atom is 0.432 e. The Balaban J connectivity index is 0.000000307. The maximum atomic E-state index is 12.3.